The lowest BCUT2D eigenvalue weighted by atomic mass is 9.99. The van der Waals surface area contributed by atoms with E-state index in [1.54, 1.807) is 19.1 Å². The molecular formula is C27H25ClFNO6. The molecule has 188 valence electrons. The van der Waals surface area contributed by atoms with Crippen LogP contribution in [0.4, 0.5) is 20.6 Å². The fourth-order valence-corrected chi connectivity index (χ4v) is 3.73. The smallest absolute Gasteiger partial charge is 0.419 e. The summed E-state index contributed by atoms with van der Waals surface area (Å²) in [7, 11) is 0. The van der Waals surface area contributed by atoms with Crippen LogP contribution in [0.15, 0.2) is 60.7 Å². The monoisotopic (exact) mass is 513 g/mol. The maximum Gasteiger partial charge on any atom is 0.419 e. The first-order valence-corrected chi connectivity index (χ1v) is 11.5. The molecule has 0 radical (unpaired) electrons. The molecule has 0 aliphatic heterocycles. The molecule has 0 fully saturated rings. The van der Waals surface area contributed by atoms with Crippen LogP contribution in [-0.2, 0) is 14.3 Å². The molecule has 36 heavy (non-hydrogen) atoms. The normalized spacial score (nSPS) is 11.5. The molecule has 1 unspecified atom stereocenters. The van der Waals surface area contributed by atoms with Crippen LogP contribution in [-0.4, -0.2) is 42.3 Å². The molecule has 0 saturated heterocycles. The Morgan fingerprint density at radius 2 is 1.64 bits per heavy atom. The average molecular weight is 514 g/mol. The minimum absolute atomic E-state index is 0.115. The third-order valence-corrected chi connectivity index (χ3v) is 5.63. The van der Waals surface area contributed by atoms with E-state index in [1.807, 2.05) is 19.1 Å². The van der Waals surface area contributed by atoms with E-state index in [1.165, 1.54) is 48.2 Å². The Morgan fingerprint density at radius 1 is 0.944 bits per heavy atom. The molecule has 9 heteroatoms. The number of carbonyl (C=O) groups is 3. The van der Waals surface area contributed by atoms with E-state index in [-0.39, 0.29) is 35.3 Å². The molecule has 0 aromatic heterocycles. The molecule has 1 atom stereocenters. The molecule has 0 heterocycles. The van der Waals surface area contributed by atoms with Gasteiger partial charge in [0.2, 0.25) is 0 Å². The van der Waals surface area contributed by atoms with Crippen molar-refractivity contribution in [2.45, 2.75) is 26.9 Å². The van der Waals surface area contributed by atoms with Crippen molar-refractivity contribution in [1.82, 2.24) is 0 Å². The number of hydrogen-bond acceptors (Lipinski definition) is 6. The number of aliphatic hydroxyl groups excluding tert-OH is 1. The van der Waals surface area contributed by atoms with Gasteiger partial charge in [-0.25, -0.2) is 18.9 Å². The largest absolute Gasteiger partial charge is 0.460 e. The summed E-state index contributed by atoms with van der Waals surface area (Å²) in [6, 6.07) is 15.5. The first-order chi connectivity index (χ1) is 17.1. The predicted molar refractivity (Wildman–Crippen MR) is 133 cm³/mol. The molecule has 0 spiro atoms. The number of amides is 1. The summed E-state index contributed by atoms with van der Waals surface area (Å²) in [6.07, 6.45) is -2.14. The number of benzene rings is 3. The van der Waals surface area contributed by atoms with Crippen molar-refractivity contribution in [2.24, 2.45) is 0 Å². The van der Waals surface area contributed by atoms with E-state index >= 15 is 0 Å². The van der Waals surface area contributed by atoms with E-state index in [0.29, 0.717) is 16.8 Å². The summed E-state index contributed by atoms with van der Waals surface area (Å²) in [4.78, 5) is 38.7. The van der Waals surface area contributed by atoms with E-state index < -0.39 is 24.0 Å². The number of ether oxygens (including phenoxy) is 2. The topological polar surface area (TPSA) is 93.1 Å². The lowest BCUT2D eigenvalue weighted by Gasteiger charge is -2.24. The molecule has 3 rings (SSSR count). The fourth-order valence-electron chi connectivity index (χ4n) is 3.47. The van der Waals surface area contributed by atoms with Gasteiger partial charge in [0.05, 0.1) is 16.4 Å². The first-order valence-electron chi connectivity index (χ1n) is 11.1. The van der Waals surface area contributed by atoms with Crippen molar-refractivity contribution in [1.29, 1.82) is 0 Å². The zero-order chi connectivity index (χ0) is 26.4. The highest BCUT2D eigenvalue weighted by atomic mass is 35.5. The second-order valence-corrected chi connectivity index (χ2v) is 8.44. The first kappa shape index (κ1) is 26.8. The number of rotatable bonds is 8. The van der Waals surface area contributed by atoms with Crippen LogP contribution >= 0.6 is 11.6 Å². The summed E-state index contributed by atoms with van der Waals surface area (Å²) in [6.45, 7) is 4.15. The van der Waals surface area contributed by atoms with Crippen LogP contribution in [0.25, 0.3) is 0 Å². The quantitative estimate of drug-likeness (QED) is 0.242. The molecule has 7 nitrogen and oxygen atoms in total. The zero-order valence-corrected chi connectivity index (χ0v) is 20.7. The molecule has 3 aromatic carbocycles. The van der Waals surface area contributed by atoms with Crippen LogP contribution in [0.5, 0.6) is 0 Å². The number of aryl methyl sites for hydroxylation is 2. The number of ketones is 1. The predicted octanol–water partition coefficient (Wildman–Crippen LogP) is 5.53. The van der Waals surface area contributed by atoms with Crippen molar-refractivity contribution < 1.29 is 33.4 Å². The second-order valence-electron chi connectivity index (χ2n) is 8.03. The van der Waals surface area contributed by atoms with E-state index in [4.69, 9.17) is 21.1 Å². The third kappa shape index (κ3) is 6.27. The number of hydrogen-bond donors (Lipinski definition) is 1. The Labute approximate surface area is 213 Å². The van der Waals surface area contributed by atoms with Gasteiger partial charge in [-0.2, -0.15) is 0 Å². The molecule has 0 aliphatic carbocycles. The van der Waals surface area contributed by atoms with Gasteiger partial charge in [-0.15, -0.1) is 0 Å². The number of anilines is 2. The zero-order valence-electron chi connectivity index (χ0n) is 20.0. The maximum absolute atomic E-state index is 13.7. The minimum atomic E-state index is -1.30. The fraction of sp³-hybridized carbons (Fsp3) is 0.222. The van der Waals surface area contributed by atoms with E-state index in [0.717, 1.165) is 5.56 Å². The van der Waals surface area contributed by atoms with Crippen molar-refractivity contribution in [3.8, 4) is 0 Å². The summed E-state index contributed by atoms with van der Waals surface area (Å²) in [5.74, 6) is -1.60. The van der Waals surface area contributed by atoms with Gasteiger partial charge in [0.1, 0.15) is 25.1 Å². The van der Waals surface area contributed by atoms with Crippen molar-refractivity contribution >= 4 is 40.8 Å². The Bertz CT molecular complexity index is 1290. The number of carbonyl (C=O) groups excluding carboxylic acids is 3. The van der Waals surface area contributed by atoms with Crippen molar-refractivity contribution in [3.63, 3.8) is 0 Å². The van der Waals surface area contributed by atoms with Gasteiger partial charge in [-0.1, -0.05) is 35.9 Å². The van der Waals surface area contributed by atoms with Gasteiger partial charge >= 0.3 is 12.1 Å². The number of aliphatic hydroxyl groups is 1. The Hall–Kier alpha value is -3.75. The van der Waals surface area contributed by atoms with Gasteiger partial charge in [0.25, 0.3) is 0 Å². The van der Waals surface area contributed by atoms with Gasteiger partial charge in [-0.3, -0.25) is 4.79 Å². The Balaban J connectivity index is 1.91. The molecule has 0 bridgehead atoms. The van der Waals surface area contributed by atoms with E-state index in [2.05, 4.69) is 0 Å². The van der Waals surface area contributed by atoms with Crippen LogP contribution in [0.3, 0.4) is 0 Å². The molecule has 0 aliphatic rings. The van der Waals surface area contributed by atoms with Crippen LogP contribution < -0.4 is 4.90 Å². The van der Waals surface area contributed by atoms with Crippen LogP contribution in [0.1, 0.15) is 34.0 Å². The highest BCUT2D eigenvalue weighted by Crippen LogP contribution is 2.33. The summed E-state index contributed by atoms with van der Waals surface area (Å²) in [5, 5.41) is 9.30. The summed E-state index contributed by atoms with van der Waals surface area (Å²) in [5.41, 5.74) is 2.61. The number of nitrogens with zero attached hydrogens (tertiary/aromatic N) is 1. The highest BCUT2D eigenvalue weighted by molar-refractivity contribution is 6.35. The van der Waals surface area contributed by atoms with Crippen LogP contribution in [0, 0.1) is 19.7 Å². The van der Waals surface area contributed by atoms with Gasteiger partial charge in [0.15, 0.2) is 5.78 Å². The lowest BCUT2D eigenvalue weighted by Crippen LogP contribution is -2.29. The molecule has 1 N–H and O–H groups in total. The number of esters is 1. The molecule has 3 aromatic rings. The summed E-state index contributed by atoms with van der Waals surface area (Å²) >= 11 is 6.48. The number of halogens is 2. The third-order valence-electron chi connectivity index (χ3n) is 5.32. The van der Waals surface area contributed by atoms with Crippen LogP contribution in [0.2, 0.25) is 5.02 Å². The standard InChI is InChI=1S/C27H25ClFNO6/c1-16-6-4-5-7-21(16)25(32)22-10-9-20(15-23(22)28)30(24-11-8-19(29)14-17(24)2)27(34)36-13-12-35-26(33)18(3)31/h4-11,14-15,18,31H,12-13H2,1-3H3. The maximum atomic E-state index is 13.7. The highest BCUT2D eigenvalue weighted by Gasteiger charge is 2.24. The van der Waals surface area contributed by atoms with Gasteiger partial charge in [-0.05, 0) is 68.3 Å². The second kappa shape index (κ2) is 11.8. The SMILES string of the molecule is Cc1ccccc1C(=O)c1ccc(N(C(=O)OCCOC(=O)C(C)O)c2ccc(F)cc2C)cc1Cl. The molecular weight excluding hydrogens is 489 g/mol. The van der Waals surface area contributed by atoms with Crippen molar-refractivity contribution in [2.75, 3.05) is 18.1 Å². The average Bonchev–Trinajstić information content (AvgIpc) is 2.83. The van der Waals surface area contributed by atoms with Gasteiger partial charge < -0.3 is 14.6 Å². The summed E-state index contributed by atoms with van der Waals surface area (Å²) < 4.78 is 23.8. The molecule has 1 amide bonds. The lowest BCUT2D eigenvalue weighted by molar-refractivity contribution is -0.153. The molecule has 0 saturated carbocycles. The Kier molecular flexibility index (Phi) is 8.79. The minimum Gasteiger partial charge on any atom is -0.460 e. The van der Waals surface area contributed by atoms with Gasteiger partial charge in [0, 0.05) is 11.1 Å². The van der Waals surface area contributed by atoms with Crippen molar-refractivity contribution in [3.05, 3.63) is 93.8 Å². The Morgan fingerprint density at radius 3 is 2.28 bits per heavy atom. The van der Waals surface area contributed by atoms with E-state index in [9.17, 15) is 23.9 Å².